The van der Waals surface area contributed by atoms with E-state index in [1.807, 2.05) is 0 Å². The maximum absolute atomic E-state index is 14.2. The lowest BCUT2D eigenvalue weighted by atomic mass is 9.81. The number of unbranched alkanes of at least 4 members (excludes halogenated alkanes) is 5. The Balaban J connectivity index is 1.44. The second kappa shape index (κ2) is 59.0. The largest absolute Gasteiger partial charge is 0.396 e. The van der Waals surface area contributed by atoms with E-state index >= 15 is 0 Å². The van der Waals surface area contributed by atoms with Gasteiger partial charge in [-0.15, -0.1) is 0 Å². The highest BCUT2D eigenvalue weighted by molar-refractivity contribution is 5.92. The van der Waals surface area contributed by atoms with Gasteiger partial charge >= 0.3 is 0 Å². The number of amides is 8. The maximum Gasteiger partial charge on any atom is 0.246 e. The molecule has 3 rings (SSSR count). The van der Waals surface area contributed by atoms with Gasteiger partial charge in [0.1, 0.15) is 31.9 Å². The first-order valence-electron chi connectivity index (χ1n) is 39.4. The van der Waals surface area contributed by atoms with Crippen molar-refractivity contribution >= 4 is 47.3 Å². The summed E-state index contributed by atoms with van der Waals surface area (Å²) in [5, 5.41) is 32.4. The molecule has 0 aromatic carbocycles. The van der Waals surface area contributed by atoms with Gasteiger partial charge in [0, 0.05) is 47.0 Å². The normalized spacial score (nSPS) is 24.9. The van der Waals surface area contributed by atoms with Crippen molar-refractivity contribution in [2.24, 2.45) is 35.5 Å². The molecule has 8 amide bonds. The summed E-state index contributed by atoms with van der Waals surface area (Å²) in [5.74, 6) is -1.44. The Kier molecular flexibility index (Phi) is 53.1. The van der Waals surface area contributed by atoms with Crippen LogP contribution in [0, 0.1) is 35.5 Å². The van der Waals surface area contributed by atoms with Crippen LogP contribution in [0.15, 0.2) is 0 Å². The van der Waals surface area contributed by atoms with Gasteiger partial charge in [-0.2, -0.15) is 0 Å². The summed E-state index contributed by atoms with van der Waals surface area (Å²) in [6, 6.07) is -2.90. The molecule has 3 heterocycles. The minimum atomic E-state index is -1.09. The van der Waals surface area contributed by atoms with E-state index in [1.54, 1.807) is 0 Å². The molecule has 0 spiro atoms. The lowest BCUT2D eigenvalue weighted by molar-refractivity contribution is -0.239. The molecular formula is C75H138N8O24. The second-order valence-electron chi connectivity index (χ2n) is 27.9. The van der Waals surface area contributed by atoms with Gasteiger partial charge in [0.25, 0.3) is 0 Å². The third-order valence-electron chi connectivity index (χ3n) is 19.7. The van der Waals surface area contributed by atoms with Crippen LogP contribution in [0.2, 0.25) is 0 Å². The molecule has 3 saturated heterocycles. The van der Waals surface area contributed by atoms with E-state index in [9.17, 15) is 43.5 Å². The standard InChI is InChI=1S/C75H138N8O24/c1-13-62-51(4)54(7)68(79-57(10)85)73(105-62)102-45-42-96-33-30-93-36-39-99-48-65(88)76-26-21-18-24-60(71(91)78-28-20-16-17-23-29-84)83-72(92)61(82-67(90)50-101-41-38-95-32-35-98-44-47-104-75-70(81-59(12)87)56(9)53(6)64(15-3)107-75)25-19-22-27-77-66(89)49-100-40-37-94-31-34-97-43-46-103-74-69(80-58(11)86)55(8)52(5)63(14-2)106-74/h51-56,60-64,68-70,73-75,84H,13-50H2,1-12H3,(H,76,88)(H,77,89)(H,78,91)(H,79,85)(H,80,86)(H,81,87)(H,82,90)(H,83,92)/t51-,52-,53-,54+,55+,56+,60+,61+,62-,63-,64-,68-,69-,70-,73-,74-,75-/m1/s1. The number of nitrogens with one attached hydrogen (secondary N) is 8. The average Bonchev–Trinajstić information content (AvgIpc) is 0.822. The zero-order valence-electron chi connectivity index (χ0n) is 66.5. The molecule has 0 aliphatic carbocycles. The summed E-state index contributed by atoms with van der Waals surface area (Å²) in [5.41, 5.74) is 0. The first-order chi connectivity index (χ1) is 51.6. The summed E-state index contributed by atoms with van der Waals surface area (Å²) >= 11 is 0. The van der Waals surface area contributed by atoms with Crippen LogP contribution in [0.1, 0.15) is 167 Å². The number of rotatable bonds is 62. The fraction of sp³-hybridized carbons (Fsp3) is 0.893. The van der Waals surface area contributed by atoms with Crippen molar-refractivity contribution < 1.29 is 115 Å². The van der Waals surface area contributed by atoms with E-state index in [2.05, 4.69) is 105 Å². The molecule has 9 N–H and O–H groups in total. The Morgan fingerprint density at radius 3 is 0.953 bits per heavy atom. The lowest BCUT2D eigenvalue weighted by Crippen LogP contribution is -2.57. The van der Waals surface area contributed by atoms with Crippen molar-refractivity contribution in [3.63, 3.8) is 0 Å². The first kappa shape index (κ1) is 96.3. The molecule has 32 nitrogen and oxygen atoms in total. The summed E-state index contributed by atoms with van der Waals surface area (Å²) in [6.07, 6.45) is 5.80. The third-order valence-corrected chi connectivity index (χ3v) is 19.7. The maximum atomic E-state index is 14.2. The Hall–Kier alpha value is -4.88. The minimum absolute atomic E-state index is 0.00826. The summed E-state index contributed by atoms with van der Waals surface area (Å²) < 4.78 is 87.2. The predicted molar refractivity (Wildman–Crippen MR) is 396 cm³/mol. The molecule has 622 valence electrons. The van der Waals surface area contributed by atoms with Crippen LogP contribution in [0.25, 0.3) is 0 Å². The Morgan fingerprint density at radius 2 is 0.626 bits per heavy atom. The molecule has 0 bridgehead atoms. The number of carbonyl (C=O) groups excluding carboxylic acids is 8. The second-order valence-corrected chi connectivity index (χ2v) is 27.9. The van der Waals surface area contributed by atoms with Crippen LogP contribution in [-0.2, 0) is 109 Å². The number of carbonyl (C=O) groups is 8. The van der Waals surface area contributed by atoms with E-state index < -0.39 is 48.7 Å². The van der Waals surface area contributed by atoms with Crippen LogP contribution in [0.5, 0.6) is 0 Å². The summed E-state index contributed by atoms with van der Waals surface area (Å²) in [4.78, 5) is 103. The van der Waals surface area contributed by atoms with Crippen molar-refractivity contribution in [2.45, 2.75) is 234 Å². The predicted octanol–water partition coefficient (Wildman–Crippen LogP) is 3.13. The van der Waals surface area contributed by atoms with Crippen LogP contribution >= 0.6 is 0 Å². The molecule has 32 heteroatoms. The van der Waals surface area contributed by atoms with E-state index in [1.165, 1.54) is 20.8 Å². The van der Waals surface area contributed by atoms with Gasteiger partial charge in [0.15, 0.2) is 18.9 Å². The van der Waals surface area contributed by atoms with Gasteiger partial charge in [0.2, 0.25) is 47.3 Å². The van der Waals surface area contributed by atoms with Gasteiger partial charge < -0.3 is 119 Å². The van der Waals surface area contributed by atoms with E-state index in [-0.39, 0.29) is 233 Å². The fourth-order valence-electron chi connectivity index (χ4n) is 13.0. The van der Waals surface area contributed by atoms with E-state index in [4.69, 9.17) is 71.1 Å². The van der Waals surface area contributed by atoms with Gasteiger partial charge in [-0.1, -0.05) is 75.2 Å². The zero-order valence-corrected chi connectivity index (χ0v) is 66.5. The van der Waals surface area contributed by atoms with Crippen LogP contribution in [0.3, 0.4) is 0 Å². The number of ether oxygens (including phenoxy) is 15. The Bertz CT molecular complexity index is 2430. The highest BCUT2D eigenvalue weighted by atomic mass is 16.7. The molecule has 0 unspecified atom stereocenters. The SMILES string of the molecule is CC[C@H]1O[C@@H](OCCOCCOCCOCC(=O)NCCCC[C@H](NC(=O)COCCOCCOCCO[C@@H]2O[C@H](CC)[C@H](C)[C@H](C)[C@H]2NC(C)=O)C(=O)N[C@@H](CCCCNC(=O)COCCOCCOCCO[C@@H]2O[C@H](CC)[C@H](C)[C@H](C)[C@H]2NC(C)=O)C(=O)NCCCCCCO)[C@H](NC(C)=O)[C@@H](C)[C@H]1C. The van der Waals surface area contributed by atoms with Crippen LogP contribution in [0.4, 0.5) is 0 Å². The molecule has 0 radical (unpaired) electrons. The first-order valence-corrected chi connectivity index (χ1v) is 39.4. The fourth-order valence-corrected chi connectivity index (χ4v) is 13.0. The smallest absolute Gasteiger partial charge is 0.246 e. The highest BCUT2D eigenvalue weighted by Gasteiger charge is 2.44. The van der Waals surface area contributed by atoms with Crippen molar-refractivity contribution in [3.05, 3.63) is 0 Å². The number of aliphatic hydroxyl groups excluding tert-OH is 1. The molecule has 3 aliphatic rings. The quantitative estimate of drug-likeness (QED) is 0.0395. The molecule has 0 saturated carbocycles. The molecule has 17 atom stereocenters. The topological polar surface area (TPSA) is 391 Å². The van der Waals surface area contributed by atoms with Gasteiger partial charge in [-0.3, -0.25) is 38.4 Å². The van der Waals surface area contributed by atoms with Crippen LogP contribution in [-0.4, -0.2) is 285 Å². The Labute approximate surface area is 636 Å². The number of aliphatic hydroxyl groups is 1. The monoisotopic (exact) mass is 1530 g/mol. The average molecular weight is 1540 g/mol. The molecular weight excluding hydrogens is 1400 g/mol. The van der Waals surface area contributed by atoms with Crippen molar-refractivity contribution in [2.75, 3.05) is 165 Å². The van der Waals surface area contributed by atoms with Gasteiger partial charge in [0.05, 0.1) is 155 Å². The number of hydrogen-bond acceptors (Lipinski definition) is 24. The van der Waals surface area contributed by atoms with Crippen molar-refractivity contribution in [1.82, 2.24) is 42.5 Å². The third kappa shape index (κ3) is 41.3. The molecule has 0 aromatic heterocycles. The van der Waals surface area contributed by atoms with Crippen molar-refractivity contribution in [1.29, 1.82) is 0 Å². The lowest BCUT2D eigenvalue weighted by Gasteiger charge is -2.44. The molecule has 3 aliphatic heterocycles. The van der Waals surface area contributed by atoms with E-state index in [0.717, 1.165) is 32.1 Å². The summed E-state index contributed by atoms with van der Waals surface area (Å²) in [6.45, 7) is 27.9. The highest BCUT2D eigenvalue weighted by Crippen LogP contribution is 2.35. The minimum Gasteiger partial charge on any atom is -0.396 e. The van der Waals surface area contributed by atoms with Crippen LogP contribution < -0.4 is 42.5 Å². The number of hydrogen-bond donors (Lipinski definition) is 9. The van der Waals surface area contributed by atoms with Gasteiger partial charge in [-0.25, -0.2) is 0 Å². The molecule has 3 fully saturated rings. The summed E-state index contributed by atoms with van der Waals surface area (Å²) in [7, 11) is 0. The zero-order chi connectivity index (χ0) is 78.6. The molecule has 0 aromatic rings. The Morgan fingerprint density at radius 1 is 0.336 bits per heavy atom. The van der Waals surface area contributed by atoms with E-state index in [0.29, 0.717) is 84.7 Å². The molecule has 107 heavy (non-hydrogen) atoms. The van der Waals surface area contributed by atoms with Gasteiger partial charge in [-0.05, 0) is 106 Å². The van der Waals surface area contributed by atoms with Crippen molar-refractivity contribution in [3.8, 4) is 0 Å².